The van der Waals surface area contributed by atoms with Crippen molar-refractivity contribution in [3.8, 4) is 0 Å². The van der Waals surface area contributed by atoms with Gasteiger partial charge in [0.1, 0.15) is 0 Å². The zero-order chi connectivity index (χ0) is 6.85. The molecule has 0 spiro atoms. The van der Waals surface area contributed by atoms with E-state index in [-0.39, 0.29) is 5.03 Å². The summed E-state index contributed by atoms with van der Waals surface area (Å²) < 4.78 is 20.3. The fraction of sp³-hybridized carbons (Fsp3) is 0.250. The summed E-state index contributed by atoms with van der Waals surface area (Å²) in [4.78, 5) is 3.63. The van der Waals surface area contributed by atoms with Gasteiger partial charge in [0.2, 0.25) is 11.1 Å². The Morgan fingerprint density at radius 1 is 1.89 bits per heavy atom. The van der Waals surface area contributed by atoms with Gasteiger partial charge in [-0.25, -0.2) is 9.19 Å². The summed E-state index contributed by atoms with van der Waals surface area (Å²) in [5, 5.41) is 0.192. The third-order valence-electron chi connectivity index (χ3n) is 0.860. The van der Waals surface area contributed by atoms with Crippen LogP contribution >= 0.6 is 0 Å². The lowest BCUT2D eigenvalue weighted by atomic mass is 10.9. The Morgan fingerprint density at radius 2 is 2.56 bits per heavy atom. The molecule has 1 aromatic heterocycles. The highest BCUT2D eigenvalue weighted by atomic mass is 32.2. The van der Waals surface area contributed by atoms with Crippen molar-refractivity contribution in [3.05, 3.63) is 12.5 Å². The third kappa shape index (κ3) is 1.36. The molecule has 1 atom stereocenters. The molecular weight excluding hydrogens is 140 g/mol. The second-order valence-electron chi connectivity index (χ2n) is 1.63. The van der Waals surface area contributed by atoms with E-state index in [9.17, 15) is 4.21 Å². The Kier molecular flexibility index (Phi) is 1.63. The standard InChI is InChI=1S/C4H6N2O2S/c1-6-2-4(5-3-6)9(7)8/h2-3H,1H3,(H,7,8). The molecule has 0 fully saturated rings. The lowest BCUT2D eigenvalue weighted by molar-refractivity contribution is 0.561. The van der Waals surface area contributed by atoms with Crippen LogP contribution in [0.25, 0.3) is 0 Å². The van der Waals surface area contributed by atoms with E-state index in [1.54, 1.807) is 11.6 Å². The van der Waals surface area contributed by atoms with Crippen LogP contribution in [0.2, 0.25) is 0 Å². The lowest BCUT2D eigenvalue weighted by Crippen LogP contribution is -1.86. The molecule has 0 amide bonds. The SMILES string of the molecule is Cn1cnc(S(=O)O)c1. The first-order valence-electron chi connectivity index (χ1n) is 2.29. The second kappa shape index (κ2) is 2.28. The van der Waals surface area contributed by atoms with Gasteiger partial charge in [0.25, 0.3) is 0 Å². The van der Waals surface area contributed by atoms with Crippen molar-refractivity contribution in [1.82, 2.24) is 9.55 Å². The number of hydrogen-bond donors (Lipinski definition) is 1. The normalized spacial score (nSPS) is 13.6. The number of rotatable bonds is 1. The van der Waals surface area contributed by atoms with Crippen molar-refractivity contribution in [2.75, 3.05) is 0 Å². The van der Waals surface area contributed by atoms with Gasteiger partial charge in [0, 0.05) is 13.2 Å². The third-order valence-corrected chi connectivity index (χ3v) is 1.43. The Labute approximate surface area is 54.8 Å². The number of imidazole rings is 1. The van der Waals surface area contributed by atoms with Gasteiger partial charge in [-0.2, -0.15) is 0 Å². The molecule has 0 aliphatic carbocycles. The molecule has 1 N–H and O–H groups in total. The van der Waals surface area contributed by atoms with Crippen LogP contribution in [0.3, 0.4) is 0 Å². The van der Waals surface area contributed by atoms with Crippen LogP contribution in [0.15, 0.2) is 17.6 Å². The fourth-order valence-electron chi connectivity index (χ4n) is 0.479. The van der Waals surface area contributed by atoms with Gasteiger partial charge in [-0.1, -0.05) is 0 Å². The van der Waals surface area contributed by atoms with Crippen LogP contribution in [0.4, 0.5) is 0 Å². The molecule has 9 heavy (non-hydrogen) atoms. The first-order chi connectivity index (χ1) is 4.20. The van der Waals surface area contributed by atoms with Gasteiger partial charge >= 0.3 is 0 Å². The van der Waals surface area contributed by atoms with Crippen LogP contribution in [0, 0.1) is 0 Å². The highest BCUT2D eigenvalue weighted by Crippen LogP contribution is 1.96. The number of nitrogens with zero attached hydrogens (tertiary/aromatic N) is 2. The van der Waals surface area contributed by atoms with E-state index < -0.39 is 11.1 Å². The highest BCUT2D eigenvalue weighted by molar-refractivity contribution is 7.79. The average Bonchev–Trinajstić information content (AvgIpc) is 2.14. The Hall–Kier alpha value is -0.680. The molecule has 0 aliphatic heterocycles. The molecule has 1 aromatic rings. The average molecular weight is 146 g/mol. The molecule has 50 valence electrons. The monoisotopic (exact) mass is 146 g/mol. The molecule has 4 nitrogen and oxygen atoms in total. The van der Waals surface area contributed by atoms with Gasteiger partial charge in [0.05, 0.1) is 6.33 Å². The van der Waals surface area contributed by atoms with Crippen molar-refractivity contribution < 1.29 is 8.76 Å². The van der Waals surface area contributed by atoms with E-state index in [1.807, 2.05) is 0 Å². The summed E-state index contributed by atoms with van der Waals surface area (Å²) in [6.45, 7) is 0. The molecule has 5 heteroatoms. The van der Waals surface area contributed by atoms with E-state index in [1.165, 1.54) is 12.5 Å². The van der Waals surface area contributed by atoms with Crippen LogP contribution in [-0.4, -0.2) is 18.3 Å². The van der Waals surface area contributed by atoms with Crippen molar-refractivity contribution in [2.24, 2.45) is 7.05 Å². The summed E-state index contributed by atoms with van der Waals surface area (Å²) in [5.41, 5.74) is 0. The zero-order valence-electron chi connectivity index (χ0n) is 4.81. The minimum absolute atomic E-state index is 0.192. The smallest absolute Gasteiger partial charge is 0.207 e. The molecule has 1 heterocycles. The first-order valence-corrected chi connectivity index (χ1v) is 3.39. The molecule has 0 saturated carbocycles. The maximum absolute atomic E-state index is 10.2. The largest absolute Gasteiger partial charge is 0.339 e. The number of aryl methyl sites for hydroxylation is 1. The molecule has 0 bridgehead atoms. The first kappa shape index (κ1) is 6.44. The van der Waals surface area contributed by atoms with Gasteiger partial charge in [-0.3, -0.25) is 0 Å². The van der Waals surface area contributed by atoms with Crippen molar-refractivity contribution >= 4 is 11.1 Å². The van der Waals surface area contributed by atoms with E-state index >= 15 is 0 Å². The minimum Gasteiger partial charge on any atom is -0.339 e. The van der Waals surface area contributed by atoms with Crippen LogP contribution in [0.1, 0.15) is 0 Å². The quantitative estimate of drug-likeness (QED) is 0.567. The molecule has 0 radical (unpaired) electrons. The van der Waals surface area contributed by atoms with E-state index in [4.69, 9.17) is 4.55 Å². The second-order valence-corrected chi connectivity index (χ2v) is 2.54. The summed E-state index contributed by atoms with van der Waals surface area (Å²) in [6.07, 6.45) is 2.97. The molecule has 1 rings (SSSR count). The minimum atomic E-state index is -1.94. The van der Waals surface area contributed by atoms with Gasteiger partial charge in [-0.15, -0.1) is 0 Å². The Bertz CT molecular complexity index is 232. The number of hydrogen-bond acceptors (Lipinski definition) is 2. The van der Waals surface area contributed by atoms with E-state index in [2.05, 4.69) is 4.98 Å². The molecule has 0 saturated heterocycles. The molecule has 0 aromatic carbocycles. The Balaban J connectivity index is 2.98. The molecule has 0 aliphatic rings. The fourth-order valence-corrected chi connectivity index (χ4v) is 0.873. The summed E-state index contributed by atoms with van der Waals surface area (Å²) in [5.74, 6) is 0. The van der Waals surface area contributed by atoms with Crippen LogP contribution < -0.4 is 0 Å². The topological polar surface area (TPSA) is 55.1 Å². The zero-order valence-corrected chi connectivity index (χ0v) is 5.63. The maximum atomic E-state index is 10.2. The summed E-state index contributed by atoms with van der Waals surface area (Å²) in [6, 6.07) is 0. The summed E-state index contributed by atoms with van der Waals surface area (Å²) >= 11 is -1.94. The Morgan fingerprint density at radius 3 is 2.78 bits per heavy atom. The maximum Gasteiger partial charge on any atom is 0.207 e. The predicted octanol–water partition coefficient (Wildman–Crippen LogP) is 0.000700. The lowest BCUT2D eigenvalue weighted by Gasteiger charge is -1.81. The van der Waals surface area contributed by atoms with E-state index in [0.717, 1.165) is 0 Å². The number of aromatic nitrogens is 2. The highest BCUT2D eigenvalue weighted by Gasteiger charge is 2.00. The van der Waals surface area contributed by atoms with Crippen molar-refractivity contribution in [2.45, 2.75) is 5.03 Å². The van der Waals surface area contributed by atoms with Crippen molar-refractivity contribution in [3.63, 3.8) is 0 Å². The predicted molar refractivity (Wildman–Crippen MR) is 32.2 cm³/mol. The molecular formula is C4H6N2O2S. The van der Waals surface area contributed by atoms with Crippen molar-refractivity contribution in [1.29, 1.82) is 0 Å². The molecule has 1 unspecified atom stereocenters. The van der Waals surface area contributed by atoms with Crippen LogP contribution in [-0.2, 0) is 18.1 Å². The van der Waals surface area contributed by atoms with Gasteiger partial charge < -0.3 is 9.12 Å². The van der Waals surface area contributed by atoms with E-state index in [0.29, 0.717) is 0 Å². The van der Waals surface area contributed by atoms with Gasteiger partial charge in [0.15, 0.2) is 5.03 Å². The summed E-state index contributed by atoms with van der Waals surface area (Å²) in [7, 11) is 1.74. The van der Waals surface area contributed by atoms with Gasteiger partial charge in [-0.05, 0) is 0 Å². The van der Waals surface area contributed by atoms with Crippen LogP contribution in [0.5, 0.6) is 0 Å².